The maximum atomic E-state index is 13.7. The second-order valence-corrected chi connectivity index (χ2v) is 11.6. The Morgan fingerprint density at radius 3 is 2.61 bits per heavy atom. The van der Waals surface area contributed by atoms with Crippen molar-refractivity contribution < 1.29 is 19.1 Å². The van der Waals surface area contributed by atoms with E-state index in [2.05, 4.69) is 26.1 Å². The predicted molar refractivity (Wildman–Crippen MR) is 150 cm³/mol. The van der Waals surface area contributed by atoms with Crippen LogP contribution in [0.2, 0.25) is 0 Å². The van der Waals surface area contributed by atoms with Gasteiger partial charge in [-0.25, -0.2) is 0 Å². The number of benzene rings is 3. The zero-order valence-corrected chi connectivity index (χ0v) is 22.8. The Morgan fingerprint density at radius 1 is 1.03 bits per heavy atom. The van der Waals surface area contributed by atoms with Gasteiger partial charge in [0.1, 0.15) is 5.58 Å². The van der Waals surface area contributed by atoms with Crippen molar-refractivity contribution in [3.05, 3.63) is 118 Å². The molecule has 1 aliphatic rings. The van der Waals surface area contributed by atoms with Crippen LogP contribution < -0.4 is 4.90 Å². The van der Waals surface area contributed by atoms with Gasteiger partial charge in [0.15, 0.2) is 15.9 Å². The van der Waals surface area contributed by atoms with Crippen LogP contribution in [0.1, 0.15) is 27.7 Å². The summed E-state index contributed by atoms with van der Waals surface area (Å²) in [5.74, 6) is -1.18. The number of halogens is 1. The normalized spacial score (nSPS) is 15.6. The Balaban J connectivity index is 1.38. The van der Waals surface area contributed by atoms with E-state index in [1.807, 2.05) is 66.7 Å². The largest absolute Gasteiger partial charge is 0.503 e. The molecular formula is C28H18BrN3O4S2. The summed E-state index contributed by atoms with van der Waals surface area (Å²) in [6, 6.07) is 25.2. The number of ketones is 1. The number of carbonyl (C=O) groups excluding carboxylic acids is 2. The van der Waals surface area contributed by atoms with Gasteiger partial charge in [0, 0.05) is 15.6 Å². The Morgan fingerprint density at radius 2 is 1.82 bits per heavy atom. The molecule has 1 atom stereocenters. The number of rotatable bonds is 7. The Bertz CT molecular complexity index is 1680. The highest BCUT2D eigenvalue weighted by Crippen LogP contribution is 2.44. The summed E-state index contributed by atoms with van der Waals surface area (Å²) in [5, 5.41) is 20.6. The van der Waals surface area contributed by atoms with E-state index in [1.165, 1.54) is 28.0 Å². The SMILES string of the molecule is O=C(C1=C(O)C(=O)N(c2nnc(SCc3ccccc3)s2)[C@@H]1c1cccc(Br)c1)c1cc2ccccc2o1. The third kappa shape index (κ3) is 4.55. The lowest BCUT2D eigenvalue weighted by atomic mass is 9.95. The Kier molecular flexibility index (Phi) is 6.61. The smallest absolute Gasteiger partial charge is 0.296 e. The molecule has 0 radical (unpaired) electrons. The van der Waals surface area contributed by atoms with Crippen molar-refractivity contribution in [1.29, 1.82) is 0 Å². The number of para-hydroxylation sites is 1. The number of anilines is 1. The first-order valence-electron chi connectivity index (χ1n) is 11.6. The molecule has 188 valence electrons. The van der Waals surface area contributed by atoms with Gasteiger partial charge in [0.05, 0.1) is 11.6 Å². The highest BCUT2D eigenvalue weighted by molar-refractivity contribution is 9.10. The molecule has 3 heterocycles. The van der Waals surface area contributed by atoms with E-state index >= 15 is 0 Å². The van der Waals surface area contributed by atoms with Crippen LogP contribution in [0.25, 0.3) is 11.0 Å². The molecule has 2 aromatic heterocycles. The van der Waals surface area contributed by atoms with Crippen LogP contribution in [-0.4, -0.2) is 27.0 Å². The summed E-state index contributed by atoms with van der Waals surface area (Å²) in [6.45, 7) is 0. The van der Waals surface area contributed by atoms with E-state index < -0.39 is 23.5 Å². The average Bonchev–Trinajstić information content (AvgIpc) is 3.64. The molecular weight excluding hydrogens is 586 g/mol. The van der Waals surface area contributed by atoms with E-state index in [0.717, 1.165) is 15.4 Å². The number of Topliss-reactive ketones (excluding diaryl/α,β-unsaturated/α-hetero) is 1. The van der Waals surface area contributed by atoms with Crippen molar-refractivity contribution in [2.45, 2.75) is 16.1 Å². The Hall–Kier alpha value is -3.73. The van der Waals surface area contributed by atoms with Crippen molar-refractivity contribution in [3.8, 4) is 0 Å². The lowest BCUT2D eigenvalue weighted by Gasteiger charge is -2.24. The molecule has 6 rings (SSSR count). The van der Waals surface area contributed by atoms with Crippen molar-refractivity contribution in [2.75, 3.05) is 4.90 Å². The molecule has 5 aromatic rings. The highest BCUT2D eigenvalue weighted by atomic mass is 79.9. The zero-order chi connectivity index (χ0) is 26.2. The number of hydrogen-bond acceptors (Lipinski definition) is 8. The highest BCUT2D eigenvalue weighted by Gasteiger charge is 2.46. The van der Waals surface area contributed by atoms with Gasteiger partial charge in [-0.3, -0.25) is 14.5 Å². The van der Waals surface area contributed by atoms with Gasteiger partial charge in [-0.1, -0.05) is 99.7 Å². The first-order valence-corrected chi connectivity index (χ1v) is 14.1. The van der Waals surface area contributed by atoms with Crippen LogP contribution >= 0.6 is 39.0 Å². The van der Waals surface area contributed by atoms with Crippen molar-refractivity contribution in [1.82, 2.24) is 10.2 Å². The molecule has 1 N–H and O–H groups in total. The van der Waals surface area contributed by atoms with Crippen molar-refractivity contribution in [3.63, 3.8) is 0 Å². The fourth-order valence-corrected chi connectivity index (χ4v) is 6.57. The standard InChI is InChI=1S/C28H18BrN3O4S2/c29-19-11-6-10-18(13-19)23-22(24(33)21-14-17-9-4-5-12-20(17)36-21)25(34)26(35)32(23)27-30-31-28(38-27)37-15-16-7-2-1-3-8-16/h1-14,23,34H,15H2/t23-/m1/s1. The number of furan rings is 1. The number of aliphatic hydroxyl groups is 1. The number of fused-ring (bicyclic) bond motifs is 1. The number of aliphatic hydroxyl groups excluding tert-OH is 1. The molecule has 1 aliphatic heterocycles. The van der Waals surface area contributed by atoms with Gasteiger partial charge in [-0.2, -0.15) is 0 Å². The van der Waals surface area contributed by atoms with Crippen molar-refractivity contribution in [2.24, 2.45) is 0 Å². The maximum absolute atomic E-state index is 13.7. The molecule has 3 aromatic carbocycles. The predicted octanol–water partition coefficient (Wildman–Crippen LogP) is 7.12. The molecule has 0 aliphatic carbocycles. The number of nitrogens with zero attached hydrogens (tertiary/aromatic N) is 3. The molecule has 0 fully saturated rings. The van der Waals surface area contributed by atoms with E-state index in [9.17, 15) is 14.7 Å². The van der Waals surface area contributed by atoms with Crippen LogP contribution in [-0.2, 0) is 10.5 Å². The van der Waals surface area contributed by atoms with Crippen LogP contribution in [0.4, 0.5) is 5.13 Å². The van der Waals surface area contributed by atoms with E-state index in [4.69, 9.17) is 4.42 Å². The average molecular weight is 605 g/mol. The summed E-state index contributed by atoms with van der Waals surface area (Å²) in [7, 11) is 0. The van der Waals surface area contributed by atoms with Crippen LogP contribution in [0.15, 0.2) is 109 Å². The van der Waals surface area contributed by atoms with E-state index in [0.29, 0.717) is 21.2 Å². The van der Waals surface area contributed by atoms with Gasteiger partial charge >= 0.3 is 0 Å². The van der Waals surface area contributed by atoms with Gasteiger partial charge < -0.3 is 9.52 Å². The number of aromatic nitrogens is 2. The minimum absolute atomic E-state index is 0.0405. The second-order valence-electron chi connectivity index (χ2n) is 8.50. The van der Waals surface area contributed by atoms with E-state index in [1.54, 1.807) is 18.2 Å². The minimum atomic E-state index is -0.916. The summed E-state index contributed by atoms with van der Waals surface area (Å²) < 4.78 is 7.22. The lowest BCUT2D eigenvalue weighted by Crippen LogP contribution is -2.31. The van der Waals surface area contributed by atoms with Gasteiger partial charge in [-0.05, 0) is 35.4 Å². The lowest BCUT2D eigenvalue weighted by molar-refractivity contribution is -0.117. The molecule has 38 heavy (non-hydrogen) atoms. The van der Waals surface area contributed by atoms with Crippen LogP contribution in [0.5, 0.6) is 0 Å². The van der Waals surface area contributed by atoms with Crippen LogP contribution in [0, 0.1) is 0 Å². The van der Waals surface area contributed by atoms with E-state index in [-0.39, 0.29) is 16.5 Å². The molecule has 10 heteroatoms. The number of hydrogen-bond donors (Lipinski definition) is 1. The quantitative estimate of drug-likeness (QED) is 0.120. The van der Waals surface area contributed by atoms with Crippen molar-refractivity contribution >= 4 is 66.8 Å². The summed E-state index contributed by atoms with van der Waals surface area (Å²) >= 11 is 6.21. The number of thioether (sulfide) groups is 1. The first-order chi connectivity index (χ1) is 18.5. The fourth-order valence-electron chi connectivity index (χ4n) is 4.33. The minimum Gasteiger partial charge on any atom is -0.503 e. The molecule has 0 unspecified atom stereocenters. The summed E-state index contributed by atoms with van der Waals surface area (Å²) in [5.41, 5.74) is 2.24. The van der Waals surface area contributed by atoms with Crippen LogP contribution in [0.3, 0.4) is 0 Å². The molecule has 0 spiro atoms. The Labute approximate surface area is 233 Å². The monoisotopic (exact) mass is 603 g/mol. The van der Waals surface area contributed by atoms with Gasteiger partial charge in [0.25, 0.3) is 5.91 Å². The van der Waals surface area contributed by atoms with Gasteiger partial charge in [-0.15, -0.1) is 10.2 Å². The number of amides is 1. The summed E-state index contributed by atoms with van der Waals surface area (Å²) in [6.07, 6.45) is 0. The fraction of sp³-hybridized carbons (Fsp3) is 0.0714. The topological polar surface area (TPSA) is 96.5 Å². The summed E-state index contributed by atoms with van der Waals surface area (Å²) in [4.78, 5) is 28.5. The second kappa shape index (κ2) is 10.2. The third-order valence-corrected chi connectivity index (χ3v) is 8.69. The molecule has 0 saturated heterocycles. The first kappa shape index (κ1) is 24.6. The molecule has 7 nitrogen and oxygen atoms in total. The third-order valence-electron chi connectivity index (χ3n) is 6.07. The van der Waals surface area contributed by atoms with Gasteiger partial charge in [0.2, 0.25) is 10.9 Å². The zero-order valence-electron chi connectivity index (χ0n) is 19.6. The molecule has 0 bridgehead atoms. The molecule has 0 saturated carbocycles. The molecule has 1 amide bonds. The number of carbonyl (C=O) groups is 2. The maximum Gasteiger partial charge on any atom is 0.296 e.